The van der Waals surface area contributed by atoms with Crippen LogP contribution >= 0.6 is 11.6 Å². The summed E-state index contributed by atoms with van der Waals surface area (Å²) in [7, 11) is 0. The van der Waals surface area contributed by atoms with Crippen molar-refractivity contribution in [3.8, 4) is 0 Å². The first kappa shape index (κ1) is 8.81. The van der Waals surface area contributed by atoms with Gasteiger partial charge in [-0.1, -0.05) is 53.2 Å². The van der Waals surface area contributed by atoms with Gasteiger partial charge in [-0.2, -0.15) is 0 Å². The van der Waals surface area contributed by atoms with Gasteiger partial charge in [-0.25, -0.2) is 0 Å². The molecule has 1 aromatic carbocycles. The predicted octanol–water partition coefficient (Wildman–Crippen LogP) is 2.73. The molecule has 1 aromatic rings. The van der Waals surface area contributed by atoms with Gasteiger partial charge < -0.3 is 5.21 Å². The molecule has 1 N–H and O–H groups in total. The number of hydrogen-bond acceptors (Lipinski definition) is 2. The van der Waals surface area contributed by atoms with Gasteiger partial charge in [0, 0.05) is 0 Å². The van der Waals surface area contributed by atoms with Crippen molar-refractivity contribution in [1.82, 2.24) is 0 Å². The Bertz CT molecular complexity index is 293. The van der Waals surface area contributed by atoms with Gasteiger partial charge in [0.1, 0.15) is 0 Å². The smallest absolute Gasteiger partial charge is 0.168 e. The maximum atomic E-state index is 8.22. The molecule has 0 aliphatic heterocycles. The molecule has 0 aliphatic carbocycles. The third-order valence-electron chi connectivity index (χ3n) is 1.31. The summed E-state index contributed by atoms with van der Waals surface area (Å²) in [4.78, 5) is 0. The Hall–Kier alpha value is -1.28. The Labute approximate surface area is 75.8 Å². The van der Waals surface area contributed by atoms with Crippen LogP contribution in [-0.2, 0) is 0 Å². The fourth-order valence-electron chi connectivity index (χ4n) is 0.762. The second-order valence-electron chi connectivity index (χ2n) is 2.17. The SMILES string of the molecule is O/N=C(Cl)\C=C\c1ccccc1. The summed E-state index contributed by atoms with van der Waals surface area (Å²) in [5, 5.41) is 11.1. The van der Waals surface area contributed by atoms with Crippen LogP contribution in [0.1, 0.15) is 5.56 Å². The fraction of sp³-hybridized carbons (Fsp3) is 0. The van der Waals surface area contributed by atoms with Crippen molar-refractivity contribution >= 4 is 22.8 Å². The Morgan fingerprint density at radius 1 is 1.33 bits per heavy atom. The molecule has 0 saturated carbocycles. The molecule has 0 spiro atoms. The average Bonchev–Trinajstić information content (AvgIpc) is 2.16. The van der Waals surface area contributed by atoms with Gasteiger partial charge in [-0.05, 0) is 11.6 Å². The maximum absolute atomic E-state index is 8.22. The van der Waals surface area contributed by atoms with E-state index in [4.69, 9.17) is 16.8 Å². The number of rotatable bonds is 2. The van der Waals surface area contributed by atoms with Crippen LogP contribution < -0.4 is 0 Å². The Morgan fingerprint density at radius 3 is 2.58 bits per heavy atom. The molecule has 1 rings (SSSR count). The third kappa shape index (κ3) is 2.76. The van der Waals surface area contributed by atoms with Gasteiger partial charge in [-0.3, -0.25) is 0 Å². The van der Waals surface area contributed by atoms with Crippen LogP contribution in [0.3, 0.4) is 0 Å². The lowest BCUT2D eigenvalue weighted by Crippen LogP contribution is -1.77. The summed E-state index contributed by atoms with van der Waals surface area (Å²) in [6, 6.07) is 9.63. The van der Waals surface area contributed by atoms with Gasteiger partial charge in [0.15, 0.2) is 5.17 Å². The van der Waals surface area contributed by atoms with Crippen LogP contribution in [0, 0.1) is 0 Å². The highest BCUT2D eigenvalue weighted by Crippen LogP contribution is 2.01. The average molecular weight is 182 g/mol. The second-order valence-corrected chi connectivity index (χ2v) is 2.55. The molecule has 0 amide bonds. The highest BCUT2D eigenvalue weighted by atomic mass is 35.5. The summed E-state index contributed by atoms with van der Waals surface area (Å²) >= 11 is 5.43. The second kappa shape index (κ2) is 4.57. The van der Waals surface area contributed by atoms with Crippen LogP contribution in [0.15, 0.2) is 41.6 Å². The molecule has 12 heavy (non-hydrogen) atoms. The maximum Gasteiger partial charge on any atom is 0.168 e. The molecule has 0 saturated heterocycles. The highest BCUT2D eigenvalue weighted by Gasteiger charge is 1.85. The monoisotopic (exact) mass is 181 g/mol. The van der Waals surface area contributed by atoms with Crippen LogP contribution in [0.2, 0.25) is 0 Å². The van der Waals surface area contributed by atoms with E-state index in [0.29, 0.717) is 0 Å². The molecule has 62 valence electrons. The van der Waals surface area contributed by atoms with E-state index in [0.717, 1.165) is 5.56 Å². The van der Waals surface area contributed by atoms with Crippen molar-refractivity contribution in [2.45, 2.75) is 0 Å². The largest absolute Gasteiger partial charge is 0.410 e. The van der Waals surface area contributed by atoms with Gasteiger partial charge in [-0.15, -0.1) is 0 Å². The van der Waals surface area contributed by atoms with E-state index < -0.39 is 0 Å². The Kier molecular flexibility index (Phi) is 3.35. The van der Waals surface area contributed by atoms with E-state index in [1.165, 1.54) is 6.08 Å². The number of allylic oxidation sites excluding steroid dienone is 1. The number of benzene rings is 1. The molecule has 0 atom stereocenters. The lowest BCUT2D eigenvalue weighted by molar-refractivity contribution is 0.321. The van der Waals surface area contributed by atoms with Crippen LogP contribution in [0.4, 0.5) is 0 Å². The third-order valence-corrected chi connectivity index (χ3v) is 1.51. The highest BCUT2D eigenvalue weighted by molar-refractivity contribution is 6.68. The molecule has 0 heterocycles. The minimum absolute atomic E-state index is 0.0684. The zero-order chi connectivity index (χ0) is 8.81. The van der Waals surface area contributed by atoms with Gasteiger partial charge in [0.05, 0.1) is 0 Å². The number of halogens is 1. The first-order valence-electron chi connectivity index (χ1n) is 3.43. The lowest BCUT2D eigenvalue weighted by Gasteiger charge is -1.89. The minimum atomic E-state index is 0.0684. The molecule has 0 radical (unpaired) electrons. The molecule has 0 fully saturated rings. The van der Waals surface area contributed by atoms with Crippen molar-refractivity contribution in [3.63, 3.8) is 0 Å². The van der Waals surface area contributed by atoms with E-state index in [9.17, 15) is 0 Å². The first-order valence-corrected chi connectivity index (χ1v) is 3.81. The molecule has 0 aromatic heterocycles. The summed E-state index contributed by atoms with van der Waals surface area (Å²) in [5.74, 6) is 0. The molecule has 0 aliphatic rings. The minimum Gasteiger partial charge on any atom is -0.410 e. The molecule has 2 nitrogen and oxygen atoms in total. The summed E-state index contributed by atoms with van der Waals surface area (Å²) in [5.41, 5.74) is 1.01. The summed E-state index contributed by atoms with van der Waals surface area (Å²) in [6.45, 7) is 0. The fourth-order valence-corrected chi connectivity index (χ4v) is 0.825. The predicted molar refractivity (Wildman–Crippen MR) is 50.6 cm³/mol. The zero-order valence-corrected chi connectivity index (χ0v) is 7.07. The zero-order valence-electron chi connectivity index (χ0n) is 6.31. The quantitative estimate of drug-likeness (QED) is 0.425. The van der Waals surface area contributed by atoms with Crippen molar-refractivity contribution < 1.29 is 5.21 Å². The van der Waals surface area contributed by atoms with Crippen LogP contribution in [0.5, 0.6) is 0 Å². The molecular formula is C9H8ClNO. The lowest BCUT2D eigenvalue weighted by atomic mass is 10.2. The van der Waals surface area contributed by atoms with E-state index in [1.807, 2.05) is 30.3 Å². The molecule has 3 heteroatoms. The Balaban J connectivity index is 2.70. The van der Waals surface area contributed by atoms with E-state index in [2.05, 4.69) is 5.16 Å². The Morgan fingerprint density at radius 2 is 2.00 bits per heavy atom. The van der Waals surface area contributed by atoms with Crippen LogP contribution in [-0.4, -0.2) is 10.4 Å². The molecular weight excluding hydrogens is 174 g/mol. The summed E-state index contributed by atoms with van der Waals surface area (Å²) < 4.78 is 0. The summed E-state index contributed by atoms with van der Waals surface area (Å²) in [6.07, 6.45) is 3.29. The van der Waals surface area contributed by atoms with Crippen molar-refractivity contribution in [2.75, 3.05) is 0 Å². The number of oxime groups is 1. The normalized spacial score (nSPS) is 12.2. The van der Waals surface area contributed by atoms with Crippen LogP contribution in [0.25, 0.3) is 6.08 Å². The van der Waals surface area contributed by atoms with Crippen molar-refractivity contribution in [2.24, 2.45) is 5.16 Å². The van der Waals surface area contributed by atoms with Crippen molar-refractivity contribution in [3.05, 3.63) is 42.0 Å². The van der Waals surface area contributed by atoms with Gasteiger partial charge in [0.25, 0.3) is 0 Å². The standard InChI is InChI=1S/C9H8ClNO/c10-9(11-12)7-6-8-4-2-1-3-5-8/h1-7,12H/b7-6+,11-9+. The van der Waals surface area contributed by atoms with Gasteiger partial charge >= 0.3 is 0 Å². The number of hydrogen-bond donors (Lipinski definition) is 1. The molecule has 0 unspecified atom stereocenters. The van der Waals surface area contributed by atoms with Crippen molar-refractivity contribution in [1.29, 1.82) is 0 Å². The van der Waals surface area contributed by atoms with E-state index in [-0.39, 0.29) is 5.17 Å². The van der Waals surface area contributed by atoms with Gasteiger partial charge in [0.2, 0.25) is 0 Å². The van der Waals surface area contributed by atoms with E-state index >= 15 is 0 Å². The number of nitrogens with zero attached hydrogens (tertiary/aromatic N) is 1. The first-order chi connectivity index (χ1) is 5.83. The molecule has 0 bridgehead atoms. The van der Waals surface area contributed by atoms with E-state index in [1.54, 1.807) is 6.08 Å². The topological polar surface area (TPSA) is 32.6 Å².